The van der Waals surface area contributed by atoms with Gasteiger partial charge in [0, 0.05) is 10.4 Å². The Morgan fingerprint density at radius 3 is 2.50 bits per heavy atom. The lowest BCUT2D eigenvalue weighted by atomic mass is 10.1. The maximum absolute atomic E-state index is 13.1. The SMILES string of the molecule is CCOc1cc(/C=C2\SC(=O)N(CCOc3cccc4ccccc34)C2=O)cc(I)c1OCc1ccc(Cl)cc1. The average Bonchev–Trinajstić information content (AvgIpc) is 3.21. The van der Waals surface area contributed by atoms with E-state index in [2.05, 4.69) is 22.6 Å². The molecule has 0 aromatic heterocycles. The fraction of sp³-hybridized carbons (Fsp3) is 0.161. The summed E-state index contributed by atoms with van der Waals surface area (Å²) in [6.45, 7) is 3.06. The summed E-state index contributed by atoms with van der Waals surface area (Å²) in [6, 6.07) is 24.9. The quantitative estimate of drug-likeness (QED) is 0.124. The molecule has 2 amide bonds. The minimum Gasteiger partial charge on any atom is -0.491 e. The molecule has 6 nitrogen and oxygen atoms in total. The molecule has 1 fully saturated rings. The molecule has 0 spiro atoms. The number of ether oxygens (including phenoxy) is 3. The first-order valence-corrected chi connectivity index (χ1v) is 14.9. The zero-order valence-corrected chi connectivity index (χ0v) is 25.3. The molecule has 0 unspecified atom stereocenters. The second kappa shape index (κ2) is 13.0. The fourth-order valence-electron chi connectivity index (χ4n) is 4.22. The molecular formula is C31H25ClINO5S. The summed E-state index contributed by atoms with van der Waals surface area (Å²) >= 11 is 9.09. The van der Waals surface area contributed by atoms with Crippen molar-refractivity contribution in [2.45, 2.75) is 13.5 Å². The number of imide groups is 1. The maximum atomic E-state index is 13.1. The monoisotopic (exact) mass is 685 g/mol. The van der Waals surface area contributed by atoms with Crippen LogP contribution in [0.25, 0.3) is 16.8 Å². The maximum Gasteiger partial charge on any atom is 0.293 e. The van der Waals surface area contributed by atoms with E-state index in [4.69, 9.17) is 25.8 Å². The van der Waals surface area contributed by atoms with Crippen molar-refractivity contribution in [1.82, 2.24) is 4.90 Å². The largest absolute Gasteiger partial charge is 0.491 e. The van der Waals surface area contributed by atoms with E-state index in [1.54, 1.807) is 6.08 Å². The van der Waals surface area contributed by atoms with Crippen LogP contribution in [0.2, 0.25) is 5.02 Å². The summed E-state index contributed by atoms with van der Waals surface area (Å²) < 4.78 is 18.7. The van der Waals surface area contributed by atoms with Gasteiger partial charge in [0.25, 0.3) is 11.1 Å². The second-order valence-corrected chi connectivity index (χ2v) is 11.4. The molecule has 0 aliphatic carbocycles. The number of carbonyl (C=O) groups excluding carboxylic acids is 2. The van der Waals surface area contributed by atoms with Crippen LogP contribution < -0.4 is 14.2 Å². The van der Waals surface area contributed by atoms with Crippen molar-refractivity contribution in [3.63, 3.8) is 0 Å². The molecular weight excluding hydrogens is 661 g/mol. The van der Waals surface area contributed by atoms with Crippen molar-refractivity contribution in [3.05, 3.63) is 103 Å². The molecule has 0 bridgehead atoms. The molecule has 204 valence electrons. The Morgan fingerprint density at radius 2 is 1.70 bits per heavy atom. The molecule has 4 aromatic carbocycles. The summed E-state index contributed by atoms with van der Waals surface area (Å²) in [4.78, 5) is 27.4. The molecule has 1 heterocycles. The number of carbonyl (C=O) groups is 2. The van der Waals surface area contributed by atoms with Crippen molar-refractivity contribution < 1.29 is 23.8 Å². The van der Waals surface area contributed by atoms with Gasteiger partial charge >= 0.3 is 0 Å². The van der Waals surface area contributed by atoms with E-state index in [9.17, 15) is 9.59 Å². The van der Waals surface area contributed by atoms with Gasteiger partial charge < -0.3 is 14.2 Å². The van der Waals surface area contributed by atoms with E-state index >= 15 is 0 Å². The van der Waals surface area contributed by atoms with Crippen LogP contribution in [0, 0.1) is 3.57 Å². The molecule has 5 rings (SSSR count). The minimum atomic E-state index is -0.340. The number of hydrogen-bond acceptors (Lipinski definition) is 6. The molecule has 4 aromatic rings. The summed E-state index contributed by atoms with van der Waals surface area (Å²) in [5, 5.41) is 2.40. The molecule has 1 aliphatic heterocycles. The van der Waals surface area contributed by atoms with E-state index < -0.39 is 0 Å². The van der Waals surface area contributed by atoms with Gasteiger partial charge in [-0.25, -0.2) is 0 Å². The van der Waals surface area contributed by atoms with Crippen molar-refractivity contribution in [1.29, 1.82) is 0 Å². The average molecular weight is 686 g/mol. The lowest BCUT2D eigenvalue weighted by Crippen LogP contribution is -2.32. The standard InChI is InChI=1S/C31H25ClINO5S/c1-2-37-27-17-21(16-25(33)29(27)39-19-20-10-12-23(32)13-11-20)18-28-30(35)34(31(36)40-28)14-15-38-26-9-5-7-22-6-3-4-8-24(22)26/h3-13,16-18H,2,14-15,19H2,1H3/b28-18-. The fourth-order valence-corrected chi connectivity index (χ4v) is 6.00. The third-order valence-corrected chi connectivity index (χ3v) is 8.08. The topological polar surface area (TPSA) is 65.1 Å². The van der Waals surface area contributed by atoms with Gasteiger partial charge in [-0.1, -0.05) is 60.1 Å². The lowest BCUT2D eigenvalue weighted by molar-refractivity contribution is -0.123. The number of halogens is 2. The van der Waals surface area contributed by atoms with Crippen LogP contribution in [0.3, 0.4) is 0 Å². The van der Waals surface area contributed by atoms with Crippen molar-refractivity contribution in [3.8, 4) is 17.2 Å². The lowest BCUT2D eigenvalue weighted by Gasteiger charge is -2.15. The van der Waals surface area contributed by atoms with Gasteiger partial charge in [-0.2, -0.15) is 0 Å². The molecule has 0 N–H and O–H groups in total. The van der Waals surface area contributed by atoms with Crippen molar-refractivity contribution in [2.24, 2.45) is 0 Å². The van der Waals surface area contributed by atoms with Crippen LogP contribution in [0.15, 0.2) is 83.8 Å². The highest BCUT2D eigenvalue weighted by molar-refractivity contribution is 14.1. The van der Waals surface area contributed by atoms with E-state index in [0.717, 1.165) is 43.0 Å². The first-order valence-electron chi connectivity index (χ1n) is 12.6. The number of benzene rings is 4. The van der Waals surface area contributed by atoms with Gasteiger partial charge in [0.2, 0.25) is 0 Å². The Morgan fingerprint density at radius 1 is 0.925 bits per heavy atom. The first kappa shape index (κ1) is 28.3. The minimum absolute atomic E-state index is 0.157. The van der Waals surface area contributed by atoms with Crippen molar-refractivity contribution >= 4 is 73.9 Å². The molecule has 0 saturated carbocycles. The molecule has 1 saturated heterocycles. The van der Waals surface area contributed by atoms with Gasteiger partial charge in [0.15, 0.2) is 11.5 Å². The van der Waals surface area contributed by atoms with Crippen LogP contribution in [0.5, 0.6) is 17.2 Å². The van der Waals surface area contributed by atoms with Gasteiger partial charge in [0.05, 0.1) is 21.6 Å². The highest BCUT2D eigenvalue weighted by Gasteiger charge is 2.35. The Bertz CT molecular complexity index is 1590. The van der Waals surface area contributed by atoms with E-state index in [-0.39, 0.29) is 24.3 Å². The second-order valence-electron chi connectivity index (χ2n) is 8.84. The number of fused-ring (bicyclic) bond motifs is 1. The summed E-state index contributed by atoms with van der Waals surface area (Å²) in [7, 11) is 0. The molecule has 9 heteroatoms. The highest BCUT2D eigenvalue weighted by atomic mass is 127. The third kappa shape index (κ3) is 6.56. The van der Waals surface area contributed by atoms with E-state index in [1.807, 2.05) is 85.8 Å². The van der Waals surface area contributed by atoms with Gasteiger partial charge in [-0.05, 0) is 94.2 Å². The summed E-state index contributed by atoms with van der Waals surface area (Å²) in [6.07, 6.45) is 1.71. The Balaban J connectivity index is 1.27. The third-order valence-electron chi connectivity index (χ3n) is 6.12. The molecule has 0 atom stereocenters. The van der Waals surface area contributed by atoms with Gasteiger partial charge in [0.1, 0.15) is 19.0 Å². The number of nitrogens with zero attached hydrogens (tertiary/aromatic N) is 1. The number of hydrogen-bond donors (Lipinski definition) is 0. The van der Waals surface area contributed by atoms with Gasteiger partial charge in [-0.3, -0.25) is 14.5 Å². The Hall–Kier alpha value is -3.21. The molecule has 0 radical (unpaired) electrons. The Kier molecular flexibility index (Phi) is 9.18. The van der Waals surface area contributed by atoms with E-state index in [1.165, 1.54) is 4.90 Å². The smallest absolute Gasteiger partial charge is 0.293 e. The molecule has 40 heavy (non-hydrogen) atoms. The zero-order chi connectivity index (χ0) is 28.1. The summed E-state index contributed by atoms with van der Waals surface area (Å²) in [5.74, 6) is 1.56. The van der Waals surface area contributed by atoms with Crippen LogP contribution >= 0.6 is 46.0 Å². The normalized spacial score (nSPS) is 14.3. The number of rotatable bonds is 10. The predicted octanol–water partition coefficient (Wildman–Crippen LogP) is 8.19. The van der Waals surface area contributed by atoms with Gasteiger partial charge in [-0.15, -0.1) is 0 Å². The number of amides is 2. The van der Waals surface area contributed by atoms with Crippen LogP contribution in [-0.2, 0) is 11.4 Å². The van der Waals surface area contributed by atoms with Crippen LogP contribution in [0.4, 0.5) is 4.79 Å². The van der Waals surface area contributed by atoms with Crippen LogP contribution in [0.1, 0.15) is 18.1 Å². The number of thioether (sulfide) groups is 1. The Labute approximate surface area is 255 Å². The highest BCUT2D eigenvalue weighted by Crippen LogP contribution is 2.38. The molecule has 1 aliphatic rings. The predicted molar refractivity (Wildman–Crippen MR) is 168 cm³/mol. The van der Waals surface area contributed by atoms with Crippen molar-refractivity contribution in [2.75, 3.05) is 19.8 Å². The summed E-state index contributed by atoms with van der Waals surface area (Å²) in [5.41, 5.74) is 1.72. The van der Waals surface area contributed by atoms with Crippen LogP contribution in [-0.4, -0.2) is 35.8 Å². The van der Waals surface area contributed by atoms with E-state index in [0.29, 0.717) is 34.6 Å². The first-order chi connectivity index (χ1) is 19.4. The zero-order valence-electron chi connectivity index (χ0n) is 21.6.